The number of fused-ring (bicyclic) bond motifs is 1. The van der Waals surface area contributed by atoms with Crippen molar-refractivity contribution in [3.8, 4) is 0 Å². The number of hydrogen-bond acceptors (Lipinski definition) is 4. The minimum absolute atomic E-state index is 0.187. The second-order valence-corrected chi connectivity index (χ2v) is 3.54. The van der Waals surface area contributed by atoms with Crippen molar-refractivity contribution in [3.05, 3.63) is 11.9 Å². The molecule has 0 aliphatic heterocycles. The molecule has 0 saturated carbocycles. The van der Waals surface area contributed by atoms with E-state index in [2.05, 4.69) is 10.2 Å². The fourth-order valence-corrected chi connectivity index (χ4v) is 1.70. The first kappa shape index (κ1) is 10.5. The van der Waals surface area contributed by atoms with Crippen LogP contribution in [0.15, 0.2) is 6.20 Å². The lowest BCUT2D eigenvalue weighted by Crippen LogP contribution is -2.08. The van der Waals surface area contributed by atoms with Gasteiger partial charge in [0.25, 0.3) is 0 Å². The van der Waals surface area contributed by atoms with Gasteiger partial charge in [-0.1, -0.05) is 6.92 Å². The number of nitrogens with zero attached hydrogens (tertiary/aromatic N) is 4. The van der Waals surface area contributed by atoms with E-state index in [1.54, 1.807) is 0 Å². The van der Waals surface area contributed by atoms with E-state index in [-0.39, 0.29) is 11.8 Å². The normalized spacial score (nSPS) is 10.9. The van der Waals surface area contributed by atoms with Gasteiger partial charge in [0, 0.05) is 13.8 Å². The molecular weight excluding hydrogens is 208 g/mol. The molecule has 6 heteroatoms. The zero-order chi connectivity index (χ0) is 11.9. The largest absolute Gasteiger partial charge is 0.273 e. The molecule has 0 aliphatic rings. The van der Waals surface area contributed by atoms with Gasteiger partial charge in [-0.2, -0.15) is 19.6 Å². The van der Waals surface area contributed by atoms with Crippen LogP contribution in [0.4, 0.5) is 0 Å². The van der Waals surface area contributed by atoms with Gasteiger partial charge < -0.3 is 0 Å². The van der Waals surface area contributed by atoms with Gasteiger partial charge in [0.05, 0.1) is 11.9 Å². The van der Waals surface area contributed by atoms with Crippen LogP contribution in [-0.4, -0.2) is 31.4 Å². The maximum atomic E-state index is 11.3. The summed E-state index contributed by atoms with van der Waals surface area (Å²) in [7, 11) is 0. The maximum absolute atomic E-state index is 11.3. The minimum atomic E-state index is -0.187. The van der Waals surface area contributed by atoms with Gasteiger partial charge in [0.15, 0.2) is 0 Å². The molecule has 2 aromatic heterocycles. The van der Waals surface area contributed by atoms with Crippen LogP contribution < -0.4 is 0 Å². The Labute approximate surface area is 91.8 Å². The number of carbonyl (C=O) groups is 2. The van der Waals surface area contributed by atoms with E-state index in [1.807, 2.05) is 6.92 Å². The van der Waals surface area contributed by atoms with Crippen molar-refractivity contribution < 1.29 is 9.59 Å². The molecule has 84 valence electrons. The lowest BCUT2D eigenvalue weighted by atomic mass is 10.3. The molecule has 2 rings (SSSR count). The standard InChI is InChI=1S/C10H12N4O2/c1-4-8-10-9(13(12-8)6(2)15)5-11-14(10)7(3)16/h5H,4H2,1-3H3. The Hall–Kier alpha value is -1.98. The molecule has 0 aromatic carbocycles. The summed E-state index contributed by atoms with van der Waals surface area (Å²) in [6.45, 7) is 4.78. The van der Waals surface area contributed by atoms with Crippen LogP contribution in [0.25, 0.3) is 11.0 Å². The summed E-state index contributed by atoms with van der Waals surface area (Å²) in [6, 6.07) is 0. The molecule has 0 aliphatic carbocycles. The SMILES string of the molecule is CCc1nn(C(C)=O)c2cnn(C(C)=O)c12. The van der Waals surface area contributed by atoms with E-state index < -0.39 is 0 Å². The molecule has 2 heterocycles. The van der Waals surface area contributed by atoms with Crippen molar-refractivity contribution in [3.63, 3.8) is 0 Å². The van der Waals surface area contributed by atoms with Crippen LogP contribution in [-0.2, 0) is 6.42 Å². The topological polar surface area (TPSA) is 69.8 Å². The van der Waals surface area contributed by atoms with Gasteiger partial charge in [-0.05, 0) is 6.42 Å². The maximum Gasteiger partial charge on any atom is 0.244 e. The molecule has 0 bridgehead atoms. The lowest BCUT2D eigenvalue weighted by molar-refractivity contribution is 0.0918. The minimum Gasteiger partial charge on any atom is -0.273 e. The Morgan fingerprint density at radius 2 is 1.88 bits per heavy atom. The van der Waals surface area contributed by atoms with Crippen LogP contribution in [0.5, 0.6) is 0 Å². The Bertz CT molecular complexity index is 567. The molecule has 0 saturated heterocycles. The molecule has 0 N–H and O–H groups in total. The number of aromatic nitrogens is 4. The Kier molecular flexibility index (Phi) is 2.34. The van der Waals surface area contributed by atoms with Crippen molar-refractivity contribution in [1.29, 1.82) is 0 Å². The first-order chi connectivity index (χ1) is 7.56. The summed E-state index contributed by atoms with van der Waals surface area (Å²) < 4.78 is 2.56. The van der Waals surface area contributed by atoms with Crippen molar-refractivity contribution in [1.82, 2.24) is 19.6 Å². The zero-order valence-electron chi connectivity index (χ0n) is 9.39. The van der Waals surface area contributed by atoms with Gasteiger partial charge in [0.1, 0.15) is 11.0 Å². The van der Waals surface area contributed by atoms with Crippen LogP contribution in [0.1, 0.15) is 36.1 Å². The highest BCUT2D eigenvalue weighted by Gasteiger charge is 2.18. The van der Waals surface area contributed by atoms with E-state index in [0.717, 1.165) is 0 Å². The molecule has 0 amide bonds. The third-order valence-corrected chi connectivity index (χ3v) is 2.40. The Balaban J connectivity index is 2.82. The molecular formula is C10H12N4O2. The molecule has 0 atom stereocenters. The first-order valence-corrected chi connectivity index (χ1v) is 5.03. The van der Waals surface area contributed by atoms with E-state index >= 15 is 0 Å². The van der Waals surface area contributed by atoms with Crippen molar-refractivity contribution in [2.24, 2.45) is 0 Å². The molecule has 0 fully saturated rings. The van der Waals surface area contributed by atoms with Gasteiger partial charge in [-0.15, -0.1) is 0 Å². The molecule has 16 heavy (non-hydrogen) atoms. The van der Waals surface area contributed by atoms with E-state index in [9.17, 15) is 9.59 Å². The number of rotatable bonds is 1. The average molecular weight is 220 g/mol. The molecule has 0 spiro atoms. The first-order valence-electron chi connectivity index (χ1n) is 5.03. The van der Waals surface area contributed by atoms with Crippen molar-refractivity contribution in [2.75, 3.05) is 0 Å². The van der Waals surface area contributed by atoms with Crippen LogP contribution in [0.2, 0.25) is 0 Å². The zero-order valence-corrected chi connectivity index (χ0v) is 9.39. The van der Waals surface area contributed by atoms with Gasteiger partial charge in [0.2, 0.25) is 11.8 Å². The highest BCUT2D eigenvalue weighted by molar-refractivity contribution is 5.94. The highest BCUT2D eigenvalue weighted by Crippen LogP contribution is 2.18. The van der Waals surface area contributed by atoms with Crippen LogP contribution in [0, 0.1) is 0 Å². The second kappa shape index (κ2) is 3.55. The fraction of sp³-hybridized carbons (Fsp3) is 0.400. The van der Waals surface area contributed by atoms with Gasteiger partial charge in [-0.25, -0.2) is 0 Å². The van der Waals surface area contributed by atoms with Gasteiger partial charge >= 0.3 is 0 Å². The summed E-state index contributed by atoms with van der Waals surface area (Å²) in [4.78, 5) is 22.7. The predicted octanol–water partition coefficient (Wildman–Crippen LogP) is 1.12. The molecule has 6 nitrogen and oxygen atoms in total. The van der Waals surface area contributed by atoms with E-state index in [4.69, 9.17) is 0 Å². The molecule has 0 unspecified atom stereocenters. The predicted molar refractivity (Wildman–Crippen MR) is 57.5 cm³/mol. The van der Waals surface area contributed by atoms with Crippen LogP contribution >= 0.6 is 0 Å². The Morgan fingerprint density at radius 1 is 1.25 bits per heavy atom. The van der Waals surface area contributed by atoms with Gasteiger partial charge in [-0.3, -0.25) is 9.59 Å². The monoisotopic (exact) mass is 220 g/mol. The summed E-state index contributed by atoms with van der Waals surface area (Å²) >= 11 is 0. The number of aryl methyl sites for hydroxylation is 1. The van der Waals surface area contributed by atoms with E-state index in [1.165, 1.54) is 29.4 Å². The van der Waals surface area contributed by atoms with E-state index in [0.29, 0.717) is 23.1 Å². The lowest BCUT2D eigenvalue weighted by Gasteiger charge is -1.95. The third-order valence-electron chi connectivity index (χ3n) is 2.40. The van der Waals surface area contributed by atoms with Crippen LogP contribution in [0.3, 0.4) is 0 Å². The highest BCUT2D eigenvalue weighted by atomic mass is 16.2. The summed E-state index contributed by atoms with van der Waals surface area (Å²) in [5.74, 6) is -0.374. The molecule has 2 aromatic rings. The fourth-order valence-electron chi connectivity index (χ4n) is 1.70. The number of carbonyl (C=O) groups excluding carboxylic acids is 2. The second-order valence-electron chi connectivity index (χ2n) is 3.54. The third kappa shape index (κ3) is 1.34. The Morgan fingerprint density at radius 3 is 2.38 bits per heavy atom. The van der Waals surface area contributed by atoms with Crippen molar-refractivity contribution >= 4 is 22.8 Å². The smallest absolute Gasteiger partial charge is 0.244 e. The number of hydrogen-bond donors (Lipinski definition) is 0. The molecule has 0 radical (unpaired) electrons. The summed E-state index contributed by atoms with van der Waals surface area (Å²) in [5.41, 5.74) is 1.92. The summed E-state index contributed by atoms with van der Waals surface area (Å²) in [5, 5.41) is 8.12. The van der Waals surface area contributed by atoms with Crippen molar-refractivity contribution in [2.45, 2.75) is 27.2 Å². The summed E-state index contributed by atoms with van der Waals surface area (Å²) in [6.07, 6.45) is 2.14. The average Bonchev–Trinajstić information content (AvgIpc) is 2.74. The quantitative estimate of drug-likeness (QED) is 0.722.